The Labute approximate surface area is 153 Å². The molecule has 3 aromatic rings. The first kappa shape index (κ1) is 16.3. The number of hydrogen-bond acceptors (Lipinski definition) is 3. The SMILES string of the molecule is COc1cc2c(cc1OC)-c1c(-c3ccccc3)c(C)c(C#N)n1CC2. The van der Waals surface area contributed by atoms with E-state index in [9.17, 15) is 5.26 Å². The standard InChI is InChI=1S/C22H20N2O2/c1-14-18(13-23)24-10-9-16-11-19(25-2)20(26-3)12-17(16)22(24)21(14)15-7-5-4-6-8-15/h4-8,11-12H,9-10H2,1-3H3. The van der Waals surface area contributed by atoms with Gasteiger partial charge < -0.3 is 14.0 Å². The van der Waals surface area contributed by atoms with E-state index in [2.05, 4.69) is 28.8 Å². The minimum atomic E-state index is 0.705. The van der Waals surface area contributed by atoms with Crippen LogP contribution >= 0.6 is 0 Å². The number of aryl methyl sites for hydroxylation is 1. The van der Waals surface area contributed by atoms with Gasteiger partial charge in [0.15, 0.2) is 11.5 Å². The van der Waals surface area contributed by atoms with E-state index < -0.39 is 0 Å². The monoisotopic (exact) mass is 344 g/mol. The summed E-state index contributed by atoms with van der Waals surface area (Å²) < 4.78 is 13.1. The maximum absolute atomic E-state index is 9.75. The molecule has 2 heterocycles. The first-order chi connectivity index (χ1) is 12.7. The Hall–Kier alpha value is -3.19. The summed E-state index contributed by atoms with van der Waals surface area (Å²) >= 11 is 0. The number of nitriles is 1. The van der Waals surface area contributed by atoms with Gasteiger partial charge in [-0.1, -0.05) is 30.3 Å². The average Bonchev–Trinajstić information content (AvgIpc) is 2.98. The summed E-state index contributed by atoms with van der Waals surface area (Å²) in [6.45, 7) is 2.82. The molecule has 26 heavy (non-hydrogen) atoms. The highest BCUT2D eigenvalue weighted by atomic mass is 16.5. The minimum Gasteiger partial charge on any atom is -0.493 e. The first-order valence-electron chi connectivity index (χ1n) is 8.63. The average molecular weight is 344 g/mol. The van der Waals surface area contributed by atoms with Crippen LogP contribution in [0.3, 0.4) is 0 Å². The van der Waals surface area contributed by atoms with Gasteiger partial charge in [0.25, 0.3) is 0 Å². The van der Waals surface area contributed by atoms with Gasteiger partial charge in [0.2, 0.25) is 0 Å². The summed E-state index contributed by atoms with van der Waals surface area (Å²) in [5.41, 5.74) is 7.42. The fourth-order valence-corrected chi connectivity index (χ4v) is 3.93. The van der Waals surface area contributed by atoms with Crippen molar-refractivity contribution in [3.8, 4) is 40.0 Å². The Kier molecular flexibility index (Phi) is 3.93. The van der Waals surface area contributed by atoms with Crippen LogP contribution in [0.4, 0.5) is 0 Å². The maximum Gasteiger partial charge on any atom is 0.161 e. The lowest BCUT2D eigenvalue weighted by Crippen LogP contribution is -2.13. The molecule has 0 aliphatic carbocycles. The van der Waals surface area contributed by atoms with Crippen LogP contribution in [0.25, 0.3) is 22.4 Å². The Bertz CT molecular complexity index is 1030. The normalized spacial score (nSPS) is 12.1. The Morgan fingerprint density at radius 1 is 1.04 bits per heavy atom. The third kappa shape index (κ3) is 2.28. The van der Waals surface area contributed by atoms with Crippen LogP contribution in [0.5, 0.6) is 11.5 Å². The highest BCUT2D eigenvalue weighted by Crippen LogP contribution is 2.45. The molecule has 4 rings (SSSR count). The zero-order valence-corrected chi connectivity index (χ0v) is 15.2. The molecular weight excluding hydrogens is 324 g/mol. The van der Waals surface area contributed by atoms with Gasteiger partial charge in [-0.25, -0.2) is 0 Å². The van der Waals surface area contributed by atoms with Crippen LogP contribution in [-0.4, -0.2) is 18.8 Å². The highest BCUT2D eigenvalue weighted by molar-refractivity contribution is 5.89. The number of rotatable bonds is 3. The summed E-state index contributed by atoms with van der Waals surface area (Å²) in [6.07, 6.45) is 0.861. The molecule has 0 spiro atoms. The molecule has 0 amide bonds. The molecule has 130 valence electrons. The quantitative estimate of drug-likeness (QED) is 0.699. The second kappa shape index (κ2) is 6.27. The number of nitrogens with zero attached hydrogens (tertiary/aromatic N) is 2. The van der Waals surface area contributed by atoms with Gasteiger partial charge in [0.05, 0.1) is 19.9 Å². The van der Waals surface area contributed by atoms with E-state index in [0.717, 1.165) is 52.4 Å². The summed E-state index contributed by atoms with van der Waals surface area (Å²) in [4.78, 5) is 0. The van der Waals surface area contributed by atoms with Crippen molar-refractivity contribution in [3.63, 3.8) is 0 Å². The molecule has 0 bridgehead atoms. The minimum absolute atomic E-state index is 0.705. The number of hydrogen-bond donors (Lipinski definition) is 0. The van der Waals surface area contributed by atoms with Crippen molar-refractivity contribution in [2.24, 2.45) is 0 Å². The molecule has 0 saturated carbocycles. The Morgan fingerprint density at radius 2 is 1.73 bits per heavy atom. The number of ether oxygens (including phenoxy) is 2. The van der Waals surface area contributed by atoms with Gasteiger partial charge in [0, 0.05) is 17.7 Å². The van der Waals surface area contributed by atoms with E-state index in [4.69, 9.17) is 9.47 Å². The smallest absolute Gasteiger partial charge is 0.161 e. The lowest BCUT2D eigenvalue weighted by atomic mass is 9.92. The molecule has 2 aromatic carbocycles. The number of fused-ring (bicyclic) bond motifs is 3. The van der Waals surface area contributed by atoms with Gasteiger partial charge in [0.1, 0.15) is 11.8 Å². The van der Waals surface area contributed by atoms with Gasteiger partial charge >= 0.3 is 0 Å². The highest BCUT2D eigenvalue weighted by Gasteiger charge is 2.28. The van der Waals surface area contributed by atoms with Gasteiger partial charge in [-0.15, -0.1) is 0 Å². The molecule has 0 fully saturated rings. The summed E-state index contributed by atoms with van der Waals surface area (Å²) in [6, 6.07) is 16.8. The fraction of sp³-hybridized carbons (Fsp3) is 0.227. The zero-order chi connectivity index (χ0) is 18.3. The van der Waals surface area contributed by atoms with Crippen molar-refractivity contribution < 1.29 is 9.47 Å². The Balaban J connectivity index is 2.06. The molecule has 1 aliphatic heterocycles. The van der Waals surface area contributed by atoms with E-state index >= 15 is 0 Å². The molecule has 1 aliphatic rings. The van der Waals surface area contributed by atoms with Gasteiger partial charge in [-0.3, -0.25) is 0 Å². The van der Waals surface area contributed by atoms with Crippen molar-refractivity contribution in [3.05, 3.63) is 59.3 Å². The van der Waals surface area contributed by atoms with Gasteiger partial charge in [-0.05, 0) is 42.2 Å². The molecule has 4 nitrogen and oxygen atoms in total. The summed E-state index contributed by atoms with van der Waals surface area (Å²) in [5, 5.41) is 9.75. The number of benzene rings is 2. The predicted octanol–water partition coefficient (Wildman–Crippen LogP) is 4.58. The van der Waals surface area contributed by atoms with Crippen LogP contribution in [0, 0.1) is 18.3 Å². The second-order valence-electron chi connectivity index (χ2n) is 6.44. The second-order valence-corrected chi connectivity index (χ2v) is 6.44. The molecule has 1 aromatic heterocycles. The van der Waals surface area contributed by atoms with Crippen LogP contribution in [-0.2, 0) is 13.0 Å². The van der Waals surface area contributed by atoms with Crippen molar-refractivity contribution in [1.82, 2.24) is 4.57 Å². The lowest BCUT2D eigenvalue weighted by Gasteiger charge is -2.23. The third-order valence-electron chi connectivity index (χ3n) is 5.14. The lowest BCUT2D eigenvalue weighted by molar-refractivity contribution is 0.354. The molecule has 4 heteroatoms. The van der Waals surface area contributed by atoms with Crippen molar-refractivity contribution >= 4 is 0 Å². The van der Waals surface area contributed by atoms with Gasteiger partial charge in [-0.2, -0.15) is 5.26 Å². The van der Waals surface area contributed by atoms with E-state index in [1.807, 2.05) is 31.2 Å². The van der Waals surface area contributed by atoms with E-state index in [0.29, 0.717) is 5.75 Å². The van der Waals surface area contributed by atoms with E-state index in [1.54, 1.807) is 14.2 Å². The van der Waals surface area contributed by atoms with Crippen LogP contribution in [0.1, 0.15) is 16.8 Å². The molecule has 0 unspecified atom stereocenters. The largest absolute Gasteiger partial charge is 0.493 e. The zero-order valence-electron chi connectivity index (χ0n) is 15.2. The van der Waals surface area contributed by atoms with Crippen LogP contribution < -0.4 is 9.47 Å². The number of aromatic nitrogens is 1. The predicted molar refractivity (Wildman–Crippen MR) is 102 cm³/mol. The molecular formula is C22H20N2O2. The van der Waals surface area contributed by atoms with E-state index in [1.165, 1.54) is 5.56 Å². The topological polar surface area (TPSA) is 47.2 Å². The molecule has 0 atom stereocenters. The van der Waals surface area contributed by atoms with Crippen molar-refractivity contribution in [1.29, 1.82) is 5.26 Å². The molecule has 0 saturated heterocycles. The summed E-state index contributed by atoms with van der Waals surface area (Å²) in [5.74, 6) is 1.45. The maximum atomic E-state index is 9.75. The fourth-order valence-electron chi connectivity index (χ4n) is 3.93. The van der Waals surface area contributed by atoms with Crippen molar-refractivity contribution in [2.45, 2.75) is 19.9 Å². The number of methoxy groups -OCH3 is 2. The van der Waals surface area contributed by atoms with Crippen LogP contribution in [0.2, 0.25) is 0 Å². The summed E-state index contributed by atoms with van der Waals surface area (Å²) in [7, 11) is 3.30. The van der Waals surface area contributed by atoms with Crippen LogP contribution in [0.15, 0.2) is 42.5 Å². The first-order valence-corrected chi connectivity index (χ1v) is 8.63. The molecule has 0 N–H and O–H groups in total. The van der Waals surface area contributed by atoms with E-state index in [-0.39, 0.29) is 0 Å². The third-order valence-corrected chi connectivity index (χ3v) is 5.14. The van der Waals surface area contributed by atoms with Crippen molar-refractivity contribution in [2.75, 3.05) is 14.2 Å². The Morgan fingerprint density at radius 3 is 2.38 bits per heavy atom. The molecule has 0 radical (unpaired) electrons.